The summed E-state index contributed by atoms with van der Waals surface area (Å²) in [7, 11) is -7.28. The smallest absolute Gasteiger partial charge is 0.261 e. The number of sulfonamides is 2. The molecule has 4 rings (SSSR count). The minimum absolute atomic E-state index is 0.187. The molecular formula is C21H26N2O4S2. The lowest BCUT2D eigenvalue weighted by atomic mass is 10.0. The lowest BCUT2D eigenvalue weighted by molar-refractivity contribution is 0.281. The topological polar surface area (TPSA) is 83.6 Å². The third-order valence-electron chi connectivity index (χ3n) is 5.74. The molecule has 0 saturated carbocycles. The molecule has 1 N–H and O–H groups in total. The van der Waals surface area contributed by atoms with Crippen LogP contribution in [0.15, 0.2) is 52.3 Å². The Kier molecular flexibility index (Phi) is 5.44. The summed E-state index contributed by atoms with van der Waals surface area (Å²) in [6.07, 6.45) is 4.85. The lowest BCUT2D eigenvalue weighted by Gasteiger charge is -2.30. The molecule has 0 unspecified atom stereocenters. The predicted octanol–water partition coefficient (Wildman–Crippen LogP) is 3.40. The number of rotatable bonds is 5. The number of fused-ring (bicyclic) bond motifs is 1. The van der Waals surface area contributed by atoms with Crippen LogP contribution in [0.3, 0.4) is 0 Å². The Labute approximate surface area is 173 Å². The highest BCUT2D eigenvalue weighted by molar-refractivity contribution is 7.92. The highest BCUT2D eigenvalue weighted by atomic mass is 32.2. The first kappa shape index (κ1) is 20.4. The van der Waals surface area contributed by atoms with E-state index in [2.05, 4.69) is 11.6 Å². The van der Waals surface area contributed by atoms with Crippen molar-refractivity contribution in [3.63, 3.8) is 0 Å². The van der Waals surface area contributed by atoms with Gasteiger partial charge in [0.1, 0.15) is 0 Å². The molecule has 156 valence electrons. The largest absolute Gasteiger partial charge is 0.280 e. The van der Waals surface area contributed by atoms with E-state index in [1.807, 2.05) is 6.07 Å². The zero-order valence-electron chi connectivity index (χ0n) is 16.5. The number of hydrogen-bond acceptors (Lipinski definition) is 4. The molecule has 1 aliphatic carbocycles. The highest BCUT2D eigenvalue weighted by Crippen LogP contribution is 2.27. The first-order valence-electron chi connectivity index (χ1n) is 10.0. The summed E-state index contributed by atoms with van der Waals surface area (Å²) in [6.45, 7) is 3.10. The molecule has 2 aromatic rings. The van der Waals surface area contributed by atoms with Gasteiger partial charge in [-0.3, -0.25) is 4.72 Å². The molecule has 1 aliphatic heterocycles. The Morgan fingerprint density at radius 3 is 2.31 bits per heavy atom. The summed E-state index contributed by atoms with van der Waals surface area (Å²) < 4.78 is 55.2. The molecule has 0 spiro atoms. The minimum Gasteiger partial charge on any atom is -0.280 e. The number of benzene rings is 2. The van der Waals surface area contributed by atoms with Crippen LogP contribution >= 0.6 is 0 Å². The van der Waals surface area contributed by atoms with Crippen molar-refractivity contribution in [2.24, 2.45) is 5.92 Å². The molecule has 2 aromatic carbocycles. The second kappa shape index (κ2) is 7.74. The van der Waals surface area contributed by atoms with Gasteiger partial charge in [0.2, 0.25) is 10.0 Å². The van der Waals surface area contributed by atoms with E-state index < -0.39 is 20.0 Å². The van der Waals surface area contributed by atoms with Gasteiger partial charge in [-0.2, -0.15) is 4.31 Å². The highest BCUT2D eigenvalue weighted by Gasteiger charge is 2.28. The number of aryl methyl sites for hydroxylation is 2. The normalized spacial score (nSPS) is 20.4. The van der Waals surface area contributed by atoms with Crippen LogP contribution in [0.5, 0.6) is 0 Å². The molecule has 29 heavy (non-hydrogen) atoms. The predicted molar refractivity (Wildman–Crippen MR) is 113 cm³/mol. The summed E-state index contributed by atoms with van der Waals surface area (Å²) in [6, 6.07) is 11.2. The number of nitrogens with one attached hydrogen (secondary N) is 1. The van der Waals surface area contributed by atoms with Crippen LogP contribution in [0.25, 0.3) is 0 Å². The van der Waals surface area contributed by atoms with Gasteiger partial charge in [-0.05, 0) is 85.5 Å². The summed E-state index contributed by atoms with van der Waals surface area (Å²) >= 11 is 0. The maximum Gasteiger partial charge on any atom is 0.261 e. The second-order valence-electron chi connectivity index (χ2n) is 8.02. The second-order valence-corrected chi connectivity index (χ2v) is 11.6. The maximum absolute atomic E-state index is 12.8. The van der Waals surface area contributed by atoms with Crippen LogP contribution in [-0.2, 0) is 32.9 Å². The maximum atomic E-state index is 12.8. The summed E-state index contributed by atoms with van der Waals surface area (Å²) in [5.41, 5.74) is 2.65. The van der Waals surface area contributed by atoms with Gasteiger partial charge in [-0.15, -0.1) is 0 Å². The van der Waals surface area contributed by atoms with E-state index in [0.29, 0.717) is 24.7 Å². The van der Waals surface area contributed by atoms with Crippen molar-refractivity contribution in [2.45, 2.75) is 48.8 Å². The fourth-order valence-electron chi connectivity index (χ4n) is 4.14. The fourth-order valence-corrected chi connectivity index (χ4v) is 6.85. The molecule has 1 atom stereocenters. The van der Waals surface area contributed by atoms with Gasteiger partial charge in [-0.25, -0.2) is 16.8 Å². The zero-order chi connectivity index (χ0) is 20.6. The number of hydrogen-bond donors (Lipinski definition) is 1. The summed E-state index contributed by atoms with van der Waals surface area (Å²) in [5, 5.41) is 0. The third-order valence-corrected chi connectivity index (χ3v) is 9.00. The Balaban J connectivity index is 1.52. The van der Waals surface area contributed by atoms with E-state index in [9.17, 15) is 16.8 Å². The molecule has 0 radical (unpaired) electrons. The Morgan fingerprint density at radius 2 is 1.59 bits per heavy atom. The first-order chi connectivity index (χ1) is 13.8. The fraction of sp³-hybridized carbons (Fsp3) is 0.429. The van der Waals surface area contributed by atoms with Gasteiger partial charge in [0.15, 0.2) is 0 Å². The molecule has 0 aromatic heterocycles. The number of anilines is 1. The van der Waals surface area contributed by atoms with Gasteiger partial charge in [0.05, 0.1) is 9.79 Å². The molecule has 6 nitrogen and oxygen atoms in total. The van der Waals surface area contributed by atoms with Crippen LogP contribution in [0.4, 0.5) is 5.69 Å². The van der Waals surface area contributed by atoms with E-state index in [1.54, 1.807) is 12.1 Å². The number of nitrogens with zero attached hydrogens (tertiary/aromatic N) is 1. The quantitative estimate of drug-likeness (QED) is 0.782. The van der Waals surface area contributed by atoms with Gasteiger partial charge in [0.25, 0.3) is 10.0 Å². The minimum atomic E-state index is -3.72. The molecule has 0 amide bonds. The molecule has 1 heterocycles. The summed E-state index contributed by atoms with van der Waals surface area (Å²) in [5.74, 6) is 0.344. The van der Waals surface area contributed by atoms with Crippen LogP contribution in [-0.4, -0.2) is 34.2 Å². The van der Waals surface area contributed by atoms with E-state index in [-0.39, 0.29) is 9.79 Å². The Hall–Kier alpha value is -1.90. The Bertz CT molecular complexity index is 1110. The average Bonchev–Trinajstić information content (AvgIpc) is 3.16. The van der Waals surface area contributed by atoms with Crippen molar-refractivity contribution in [3.05, 3.63) is 53.6 Å². The molecule has 1 saturated heterocycles. The van der Waals surface area contributed by atoms with Gasteiger partial charge < -0.3 is 0 Å². The number of piperidine rings is 1. The van der Waals surface area contributed by atoms with Crippen molar-refractivity contribution >= 4 is 25.7 Å². The van der Waals surface area contributed by atoms with Crippen LogP contribution in [0.2, 0.25) is 0 Å². The monoisotopic (exact) mass is 434 g/mol. The van der Waals surface area contributed by atoms with Crippen LogP contribution in [0, 0.1) is 5.92 Å². The lowest BCUT2D eigenvalue weighted by Crippen LogP contribution is -2.39. The van der Waals surface area contributed by atoms with Crippen molar-refractivity contribution in [1.29, 1.82) is 0 Å². The zero-order valence-corrected chi connectivity index (χ0v) is 18.1. The Morgan fingerprint density at radius 1 is 0.897 bits per heavy atom. The molecule has 0 bridgehead atoms. The summed E-state index contributed by atoms with van der Waals surface area (Å²) in [4.78, 5) is 0.421. The van der Waals surface area contributed by atoms with E-state index >= 15 is 0 Å². The van der Waals surface area contributed by atoms with Crippen molar-refractivity contribution < 1.29 is 16.8 Å². The van der Waals surface area contributed by atoms with Crippen LogP contribution in [0.1, 0.15) is 37.3 Å². The van der Waals surface area contributed by atoms with Gasteiger partial charge in [0, 0.05) is 18.8 Å². The average molecular weight is 435 g/mol. The molecule has 1 fully saturated rings. The van der Waals surface area contributed by atoms with E-state index in [0.717, 1.165) is 37.7 Å². The first-order valence-corrected chi connectivity index (χ1v) is 12.9. The standard InChI is InChI=1S/C21H26N2O4S2/c1-16-4-3-13-23(15-16)29(26,27)20-11-8-19(9-12-20)22-28(24,25)21-10-7-17-5-2-6-18(17)14-21/h7-12,14,16,22H,2-6,13,15H2,1H3/t16-/m0/s1. The SMILES string of the molecule is C[C@H]1CCCN(S(=O)(=O)c2ccc(NS(=O)(=O)c3ccc4c(c3)CCC4)cc2)C1. The van der Waals surface area contributed by atoms with Gasteiger partial charge in [-0.1, -0.05) is 13.0 Å². The van der Waals surface area contributed by atoms with E-state index in [1.165, 1.54) is 34.1 Å². The third kappa shape index (κ3) is 4.20. The van der Waals surface area contributed by atoms with Crippen LogP contribution < -0.4 is 4.72 Å². The molecule has 2 aliphatic rings. The van der Waals surface area contributed by atoms with Crippen molar-refractivity contribution in [1.82, 2.24) is 4.31 Å². The molecular weight excluding hydrogens is 408 g/mol. The van der Waals surface area contributed by atoms with Crippen molar-refractivity contribution in [3.8, 4) is 0 Å². The van der Waals surface area contributed by atoms with Gasteiger partial charge >= 0.3 is 0 Å². The molecule has 8 heteroatoms. The van der Waals surface area contributed by atoms with Crippen molar-refractivity contribution in [2.75, 3.05) is 17.8 Å². The van der Waals surface area contributed by atoms with E-state index in [4.69, 9.17) is 0 Å².